The van der Waals surface area contributed by atoms with Crippen molar-refractivity contribution in [2.24, 2.45) is 0 Å². The normalized spacial score (nSPS) is 10.9. The quantitative estimate of drug-likeness (QED) is 0.718. The molecule has 2 aromatic heterocycles. The number of aromatic nitrogens is 2. The van der Waals surface area contributed by atoms with E-state index in [0.29, 0.717) is 10.7 Å². The summed E-state index contributed by atoms with van der Waals surface area (Å²) in [4.78, 5) is 14.4. The molecule has 25 heavy (non-hydrogen) atoms. The standard InChI is InChI=1S/C19H21N3O2S/c1-12(2)22-18(9-10-20-22)21-19(23)17-11-16(13(3)25-17)14-5-7-15(24-4)8-6-14/h5-12H,1-4H3,(H,21,23). The molecule has 130 valence electrons. The van der Waals surface area contributed by atoms with Crippen molar-refractivity contribution in [3.63, 3.8) is 0 Å². The van der Waals surface area contributed by atoms with Crippen LogP contribution in [-0.4, -0.2) is 22.8 Å². The minimum atomic E-state index is -0.115. The maximum atomic E-state index is 12.6. The molecule has 0 atom stereocenters. The van der Waals surface area contributed by atoms with Crippen molar-refractivity contribution in [1.29, 1.82) is 0 Å². The van der Waals surface area contributed by atoms with Crippen LogP contribution < -0.4 is 10.1 Å². The van der Waals surface area contributed by atoms with E-state index in [1.807, 2.05) is 57.2 Å². The molecule has 1 aromatic carbocycles. The van der Waals surface area contributed by atoms with Gasteiger partial charge in [-0.3, -0.25) is 4.79 Å². The number of aryl methyl sites for hydroxylation is 1. The molecule has 0 saturated heterocycles. The Bertz CT molecular complexity index is 878. The highest BCUT2D eigenvalue weighted by molar-refractivity contribution is 7.14. The molecular formula is C19H21N3O2S. The van der Waals surface area contributed by atoms with Crippen LogP contribution in [-0.2, 0) is 0 Å². The Labute approximate surface area is 151 Å². The first-order valence-corrected chi connectivity index (χ1v) is 8.91. The number of carbonyl (C=O) groups excluding carboxylic acids is 1. The van der Waals surface area contributed by atoms with Crippen LogP contribution in [0.15, 0.2) is 42.6 Å². The van der Waals surface area contributed by atoms with Gasteiger partial charge in [-0.25, -0.2) is 4.68 Å². The van der Waals surface area contributed by atoms with E-state index in [-0.39, 0.29) is 11.9 Å². The second-order valence-electron chi connectivity index (χ2n) is 6.02. The van der Waals surface area contributed by atoms with Crippen LogP contribution in [0.1, 0.15) is 34.4 Å². The monoisotopic (exact) mass is 355 g/mol. The highest BCUT2D eigenvalue weighted by Gasteiger charge is 2.16. The lowest BCUT2D eigenvalue weighted by molar-refractivity contribution is 0.102. The van der Waals surface area contributed by atoms with E-state index in [1.54, 1.807) is 18.0 Å². The molecule has 3 aromatic rings. The number of nitrogens with one attached hydrogen (secondary N) is 1. The summed E-state index contributed by atoms with van der Waals surface area (Å²) >= 11 is 1.49. The summed E-state index contributed by atoms with van der Waals surface area (Å²) in [5.41, 5.74) is 2.14. The summed E-state index contributed by atoms with van der Waals surface area (Å²) in [7, 11) is 1.65. The van der Waals surface area contributed by atoms with Crippen LogP contribution in [0.3, 0.4) is 0 Å². The van der Waals surface area contributed by atoms with E-state index < -0.39 is 0 Å². The largest absolute Gasteiger partial charge is 0.497 e. The SMILES string of the molecule is COc1ccc(-c2cc(C(=O)Nc3ccnn3C(C)C)sc2C)cc1. The molecule has 0 bridgehead atoms. The molecule has 5 nitrogen and oxygen atoms in total. The highest BCUT2D eigenvalue weighted by atomic mass is 32.1. The number of hydrogen-bond donors (Lipinski definition) is 1. The third kappa shape index (κ3) is 3.58. The van der Waals surface area contributed by atoms with Gasteiger partial charge < -0.3 is 10.1 Å². The zero-order valence-electron chi connectivity index (χ0n) is 14.7. The summed E-state index contributed by atoms with van der Waals surface area (Å²) < 4.78 is 6.99. The Balaban J connectivity index is 1.83. The smallest absolute Gasteiger partial charge is 0.266 e. The van der Waals surface area contributed by atoms with Gasteiger partial charge in [0.15, 0.2) is 0 Å². The molecular weight excluding hydrogens is 334 g/mol. The van der Waals surface area contributed by atoms with Crippen LogP contribution in [0.4, 0.5) is 5.82 Å². The van der Waals surface area contributed by atoms with Gasteiger partial charge in [0, 0.05) is 17.0 Å². The lowest BCUT2D eigenvalue weighted by Crippen LogP contribution is -2.15. The summed E-state index contributed by atoms with van der Waals surface area (Å²) in [5, 5.41) is 7.19. The van der Waals surface area contributed by atoms with Crippen LogP contribution in [0.2, 0.25) is 0 Å². The van der Waals surface area contributed by atoms with E-state index in [0.717, 1.165) is 21.8 Å². The van der Waals surface area contributed by atoms with E-state index in [4.69, 9.17) is 4.74 Å². The Kier molecular flexibility index (Phi) is 4.90. The number of benzene rings is 1. The lowest BCUT2D eigenvalue weighted by Gasteiger charge is -2.11. The second-order valence-corrected chi connectivity index (χ2v) is 7.27. The van der Waals surface area contributed by atoms with Gasteiger partial charge in [0.2, 0.25) is 0 Å². The van der Waals surface area contributed by atoms with Crippen molar-refractivity contribution in [1.82, 2.24) is 9.78 Å². The van der Waals surface area contributed by atoms with Crippen molar-refractivity contribution in [3.8, 4) is 16.9 Å². The van der Waals surface area contributed by atoms with E-state index in [9.17, 15) is 4.79 Å². The fourth-order valence-electron chi connectivity index (χ4n) is 2.65. The molecule has 1 N–H and O–H groups in total. The molecule has 0 aliphatic rings. The van der Waals surface area contributed by atoms with Gasteiger partial charge >= 0.3 is 0 Å². The van der Waals surface area contributed by atoms with Gasteiger partial charge in [-0.1, -0.05) is 12.1 Å². The van der Waals surface area contributed by atoms with Crippen molar-refractivity contribution in [2.45, 2.75) is 26.8 Å². The van der Waals surface area contributed by atoms with Gasteiger partial charge in [0.1, 0.15) is 11.6 Å². The number of rotatable bonds is 5. The predicted octanol–water partition coefficient (Wildman–Crippen LogP) is 4.76. The Hall–Kier alpha value is -2.60. The third-order valence-electron chi connectivity index (χ3n) is 3.94. The van der Waals surface area contributed by atoms with Crippen molar-refractivity contribution in [3.05, 3.63) is 52.3 Å². The van der Waals surface area contributed by atoms with Crippen LogP contribution in [0.25, 0.3) is 11.1 Å². The van der Waals surface area contributed by atoms with Crippen molar-refractivity contribution < 1.29 is 9.53 Å². The second kappa shape index (κ2) is 7.11. The molecule has 0 aliphatic heterocycles. The van der Waals surface area contributed by atoms with E-state index in [1.165, 1.54) is 11.3 Å². The molecule has 0 unspecified atom stereocenters. The molecule has 0 fully saturated rings. The van der Waals surface area contributed by atoms with Crippen molar-refractivity contribution in [2.75, 3.05) is 12.4 Å². The number of methoxy groups -OCH3 is 1. The fourth-order valence-corrected chi connectivity index (χ4v) is 3.59. The summed E-state index contributed by atoms with van der Waals surface area (Å²) in [6.45, 7) is 6.08. The van der Waals surface area contributed by atoms with Gasteiger partial charge in [0.25, 0.3) is 5.91 Å². The average molecular weight is 355 g/mol. The number of thiophene rings is 1. The zero-order valence-corrected chi connectivity index (χ0v) is 15.6. The minimum absolute atomic E-state index is 0.115. The number of carbonyl (C=O) groups is 1. The first-order valence-electron chi connectivity index (χ1n) is 8.09. The molecule has 6 heteroatoms. The van der Waals surface area contributed by atoms with E-state index >= 15 is 0 Å². The van der Waals surface area contributed by atoms with Crippen molar-refractivity contribution >= 4 is 23.1 Å². The third-order valence-corrected chi connectivity index (χ3v) is 4.99. The minimum Gasteiger partial charge on any atom is -0.497 e. The Morgan fingerprint density at radius 2 is 1.96 bits per heavy atom. The lowest BCUT2D eigenvalue weighted by atomic mass is 10.1. The molecule has 0 radical (unpaired) electrons. The highest BCUT2D eigenvalue weighted by Crippen LogP contribution is 2.32. The molecule has 3 rings (SSSR count). The van der Waals surface area contributed by atoms with Crippen LogP contribution >= 0.6 is 11.3 Å². The molecule has 0 aliphatic carbocycles. The topological polar surface area (TPSA) is 56.1 Å². The molecule has 0 spiro atoms. The number of amides is 1. The first-order chi connectivity index (χ1) is 12.0. The molecule has 0 saturated carbocycles. The van der Waals surface area contributed by atoms with Crippen LogP contribution in [0.5, 0.6) is 5.75 Å². The zero-order chi connectivity index (χ0) is 18.0. The summed E-state index contributed by atoms with van der Waals surface area (Å²) in [6.07, 6.45) is 1.69. The average Bonchev–Trinajstić information content (AvgIpc) is 3.21. The number of hydrogen-bond acceptors (Lipinski definition) is 4. The molecule has 1 amide bonds. The van der Waals surface area contributed by atoms with Gasteiger partial charge in [-0.2, -0.15) is 5.10 Å². The molecule has 2 heterocycles. The summed E-state index contributed by atoms with van der Waals surface area (Å²) in [5.74, 6) is 1.41. The Morgan fingerprint density at radius 1 is 1.24 bits per heavy atom. The predicted molar refractivity (Wildman–Crippen MR) is 102 cm³/mol. The van der Waals surface area contributed by atoms with E-state index in [2.05, 4.69) is 10.4 Å². The maximum absolute atomic E-state index is 12.6. The van der Waals surface area contributed by atoms with Crippen LogP contribution in [0, 0.1) is 6.92 Å². The van der Waals surface area contributed by atoms with Gasteiger partial charge in [-0.05, 0) is 50.1 Å². The summed E-state index contributed by atoms with van der Waals surface area (Å²) in [6, 6.07) is 11.8. The van der Waals surface area contributed by atoms with Gasteiger partial charge in [0.05, 0.1) is 18.2 Å². The number of nitrogens with zero attached hydrogens (tertiary/aromatic N) is 2. The Morgan fingerprint density at radius 3 is 2.60 bits per heavy atom. The first kappa shape index (κ1) is 17.2. The maximum Gasteiger partial charge on any atom is 0.266 e. The fraction of sp³-hybridized carbons (Fsp3) is 0.263. The van der Waals surface area contributed by atoms with Gasteiger partial charge in [-0.15, -0.1) is 11.3 Å². The number of ether oxygens (including phenoxy) is 1. The number of anilines is 1.